The van der Waals surface area contributed by atoms with Crippen LogP contribution in [0.4, 0.5) is 4.39 Å². The summed E-state index contributed by atoms with van der Waals surface area (Å²) in [4.78, 5) is 14.1. The highest BCUT2D eigenvalue weighted by molar-refractivity contribution is 7.99. The summed E-state index contributed by atoms with van der Waals surface area (Å²) in [5.74, 6) is 1.44. The van der Waals surface area contributed by atoms with E-state index in [4.69, 9.17) is 4.74 Å². The van der Waals surface area contributed by atoms with Gasteiger partial charge in [0.1, 0.15) is 11.9 Å². The molecule has 1 aromatic rings. The van der Waals surface area contributed by atoms with E-state index in [9.17, 15) is 9.18 Å². The third kappa shape index (κ3) is 2.82. The number of halogens is 1. The standard InChI is InChI=1S/C14H17FN2O2S/c15-11-4-2-1-3-10(11)13-7-17(5-6-19-13)14(18)12-8-20-9-16-12/h1-4,12-13,16H,5-9H2/t12-,13?/m1/s1. The maximum absolute atomic E-state index is 13.8. The van der Waals surface area contributed by atoms with Crippen LogP contribution in [0, 0.1) is 5.82 Å². The Morgan fingerprint density at radius 1 is 1.45 bits per heavy atom. The number of morpholine rings is 1. The summed E-state index contributed by atoms with van der Waals surface area (Å²) >= 11 is 1.72. The zero-order chi connectivity index (χ0) is 13.9. The van der Waals surface area contributed by atoms with Crippen LogP contribution in [-0.4, -0.2) is 48.2 Å². The molecule has 6 heteroatoms. The van der Waals surface area contributed by atoms with Crippen molar-refractivity contribution in [1.29, 1.82) is 0 Å². The second-order valence-electron chi connectivity index (χ2n) is 4.94. The zero-order valence-corrected chi connectivity index (χ0v) is 11.9. The second kappa shape index (κ2) is 6.11. The van der Waals surface area contributed by atoms with E-state index in [1.165, 1.54) is 6.07 Å². The van der Waals surface area contributed by atoms with Gasteiger partial charge >= 0.3 is 0 Å². The molecule has 2 saturated heterocycles. The highest BCUT2D eigenvalue weighted by Gasteiger charge is 2.32. The Balaban J connectivity index is 1.70. The summed E-state index contributed by atoms with van der Waals surface area (Å²) in [5, 5.41) is 3.18. The highest BCUT2D eigenvalue weighted by atomic mass is 32.2. The lowest BCUT2D eigenvalue weighted by atomic mass is 10.1. The number of rotatable bonds is 2. The van der Waals surface area contributed by atoms with Crippen molar-refractivity contribution in [3.8, 4) is 0 Å². The van der Waals surface area contributed by atoms with E-state index < -0.39 is 0 Å². The Hall–Kier alpha value is -1.11. The summed E-state index contributed by atoms with van der Waals surface area (Å²) in [6.07, 6.45) is -0.372. The third-order valence-corrected chi connectivity index (χ3v) is 4.58. The molecular formula is C14H17FN2O2S. The molecule has 2 atom stereocenters. The Morgan fingerprint density at radius 3 is 3.05 bits per heavy atom. The van der Waals surface area contributed by atoms with Crippen molar-refractivity contribution in [3.63, 3.8) is 0 Å². The molecule has 2 fully saturated rings. The average molecular weight is 296 g/mol. The average Bonchev–Trinajstić information content (AvgIpc) is 3.01. The van der Waals surface area contributed by atoms with Crippen LogP contribution in [0.5, 0.6) is 0 Å². The molecule has 1 aromatic carbocycles. The first kappa shape index (κ1) is 13.9. The van der Waals surface area contributed by atoms with Crippen LogP contribution >= 0.6 is 11.8 Å². The van der Waals surface area contributed by atoms with Crippen molar-refractivity contribution in [2.45, 2.75) is 12.1 Å². The van der Waals surface area contributed by atoms with Gasteiger partial charge in [0.05, 0.1) is 19.2 Å². The van der Waals surface area contributed by atoms with Gasteiger partial charge in [-0.15, -0.1) is 11.8 Å². The highest BCUT2D eigenvalue weighted by Crippen LogP contribution is 2.25. The topological polar surface area (TPSA) is 41.6 Å². The fourth-order valence-corrected chi connectivity index (χ4v) is 3.48. The summed E-state index contributed by atoms with van der Waals surface area (Å²) < 4.78 is 19.4. The van der Waals surface area contributed by atoms with Crippen LogP contribution in [0.15, 0.2) is 24.3 Å². The summed E-state index contributed by atoms with van der Waals surface area (Å²) in [6, 6.07) is 6.48. The van der Waals surface area contributed by atoms with E-state index in [0.29, 0.717) is 25.3 Å². The first-order chi connectivity index (χ1) is 9.75. The number of hydrogen-bond acceptors (Lipinski definition) is 4. The molecule has 2 heterocycles. The summed E-state index contributed by atoms with van der Waals surface area (Å²) in [6.45, 7) is 1.44. The van der Waals surface area contributed by atoms with E-state index in [-0.39, 0.29) is 23.9 Å². The molecule has 0 bridgehead atoms. The molecule has 0 saturated carbocycles. The number of amides is 1. The third-order valence-electron chi connectivity index (χ3n) is 3.64. The molecular weight excluding hydrogens is 279 g/mol. The van der Waals surface area contributed by atoms with E-state index in [2.05, 4.69) is 5.32 Å². The van der Waals surface area contributed by atoms with Crippen molar-refractivity contribution in [2.75, 3.05) is 31.3 Å². The minimum Gasteiger partial charge on any atom is -0.370 e. The fourth-order valence-electron chi connectivity index (χ4n) is 2.55. The molecule has 0 aliphatic carbocycles. The predicted molar refractivity (Wildman–Crippen MR) is 75.9 cm³/mol. The molecule has 3 rings (SSSR count). The van der Waals surface area contributed by atoms with Gasteiger partial charge in [-0.25, -0.2) is 4.39 Å². The largest absolute Gasteiger partial charge is 0.370 e. The van der Waals surface area contributed by atoms with Crippen molar-refractivity contribution in [1.82, 2.24) is 10.2 Å². The Labute approximate surface area is 121 Å². The lowest BCUT2D eigenvalue weighted by Gasteiger charge is -2.34. The molecule has 1 amide bonds. The Morgan fingerprint density at radius 2 is 2.30 bits per heavy atom. The molecule has 108 valence electrons. The van der Waals surface area contributed by atoms with Gasteiger partial charge in [0.2, 0.25) is 5.91 Å². The van der Waals surface area contributed by atoms with Crippen LogP contribution in [0.2, 0.25) is 0 Å². The number of benzene rings is 1. The monoisotopic (exact) mass is 296 g/mol. The van der Waals surface area contributed by atoms with Crippen molar-refractivity contribution < 1.29 is 13.9 Å². The van der Waals surface area contributed by atoms with Gasteiger partial charge in [0.15, 0.2) is 0 Å². The van der Waals surface area contributed by atoms with Gasteiger partial charge in [-0.2, -0.15) is 0 Å². The number of carbonyl (C=O) groups excluding carboxylic acids is 1. The summed E-state index contributed by atoms with van der Waals surface area (Å²) in [5.41, 5.74) is 0.527. The molecule has 1 N–H and O–H groups in total. The number of hydrogen-bond donors (Lipinski definition) is 1. The summed E-state index contributed by atoms with van der Waals surface area (Å²) in [7, 11) is 0. The van der Waals surface area contributed by atoms with E-state index in [0.717, 1.165) is 11.6 Å². The first-order valence-electron chi connectivity index (χ1n) is 6.71. The lowest BCUT2D eigenvalue weighted by molar-refractivity contribution is -0.140. The van der Waals surface area contributed by atoms with Gasteiger partial charge in [-0.05, 0) is 6.07 Å². The molecule has 4 nitrogen and oxygen atoms in total. The maximum Gasteiger partial charge on any atom is 0.240 e. The zero-order valence-electron chi connectivity index (χ0n) is 11.0. The number of nitrogens with one attached hydrogen (secondary N) is 1. The molecule has 2 aliphatic heterocycles. The van der Waals surface area contributed by atoms with Gasteiger partial charge in [0.25, 0.3) is 0 Å². The molecule has 2 aliphatic rings. The van der Waals surface area contributed by atoms with Gasteiger partial charge < -0.3 is 9.64 Å². The second-order valence-corrected chi connectivity index (χ2v) is 5.97. The van der Waals surface area contributed by atoms with Gasteiger partial charge in [-0.1, -0.05) is 18.2 Å². The molecule has 20 heavy (non-hydrogen) atoms. The predicted octanol–water partition coefficient (Wildman–Crippen LogP) is 1.39. The van der Waals surface area contributed by atoms with Crippen LogP contribution in [-0.2, 0) is 9.53 Å². The van der Waals surface area contributed by atoms with E-state index in [1.54, 1.807) is 34.9 Å². The van der Waals surface area contributed by atoms with Crippen LogP contribution in [0.3, 0.4) is 0 Å². The fraction of sp³-hybridized carbons (Fsp3) is 0.500. The number of ether oxygens (including phenoxy) is 1. The minimum atomic E-state index is -0.372. The van der Waals surface area contributed by atoms with Crippen LogP contribution in [0.25, 0.3) is 0 Å². The number of carbonyl (C=O) groups is 1. The smallest absolute Gasteiger partial charge is 0.240 e. The first-order valence-corrected chi connectivity index (χ1v) is 7.87. The van der Waals surface area contributed by atoms with Crippen molar-refractivity contribution in [3.05, 3.63) is 35.6 Å². The van der Waals surface area contributed by atoms with Crippen LogP contribution in [0.1, 0.15) is 11.7 Å². The number of nitrogens with zero attached hydrogens (tertiary/aromatic N) is 1. The van der Waals surface area contributed by atoms with Gasteiger partial charge in [-0.3, -0.25) is 10.1 Å². The Kier molecular flexibility index (Phi) is 4.24. The molecule has 0 radical (unpaired) electrons. The molecule has 0 spiro atoms. The Bertz CT molecular complexity index is 494. The van der Waals surface area contributed by atoms with Crippen molar-refractivity contribution >= 4 is 17.7 Å². The quantitative estimate of drug-likeness (QED) is 0.895. The lowest BCUT2D eigenvalue weighted by Crippen LogP contribution is -2.50. The minimum absolute atomic E-state index is 0.0969. The molecule has 1 unspecified atom stereocenters. The maximum atomic E-state index is 13.8. The van der Waals surface area contributed by atoms with Crippen molar-refractivity contribution in [2.24, 2.45) is 0 Å². The van der Waals surface area contributed by atoms with Crippen LogP contribution < -0.4 is 5.32 Å². The SMILES string of the molecule is O=C([C@H]1CSCN1)N1CCOC(c2ccccc2F)C1. The van der Waals surface area contributed by atoms with E-state index in [1.807, 2.05) is 0 Å². The molecule has 0 aromatic heterocycles. The normalized spacial score (nSPS) is 26.8. The van der Waals surface area contributed by atoms with Gasteiger partial charge in [0, 0.05) is 23.7 Å². The number of thioether (sulfide) groups is 1. The van der Waals surface area contributed by atoms with E-state index >= 15 is 0 Å².